The predicted octanol–water partition coefficient (Wildman–Crippen LogP) is 2.57. The van der Waals surface area contributed by atoms with Crippen molar-refractivity contribution in [3.63, 3.8) is 0 Å². The molecule has 2 aliphatic carbocycles. The van der Waals surface area contributed by atoms with Crippen LogP contribution in [0.25, 0.3) is 0 Å². The summed E-state index contributed by atoms with van der Waals surface area (Å²) in [5.41, 5.74) is 0. The molecular weight excluding hydrogens is 280 g/mol. The van der Waals surface area contributed by atoms with Crippen LogP contribution in [0.3, 0.4) is 0 Å². The van der Waals surface area contributed by atoms with Gasteiger partial charge in [0.2, 0.25) is 0 Å². The second kappa shape index (κ2) is 8.73. The largest absolute Gasteiger partial charge is 0.396 e. The van der Waals surface area contributed by atoms with Crippen LogP contribution in [-0.2, 0) is 4.74 Å². The lowest BCUT2D eigenvalue weighted by Crippen LogP contribution is -2.51. The monoisotopic (exact) mass is 312 g/mol. The molecule has 5 heteroatoms. The van der Waals surface area contributed by atoms with E-state index in [1.54, 1.807) is 0 Å². The van der Waals surface area contributed by atoms with E-state index in [0.717, 1.165) is 51.4 Å². The normalized spacial score (nSPS) is 32.7. The molecule has 0 bridgehead atoms. The minimum absolute atomic E-state index is 0.0708. The number of urea groups is 1. The van der Waals surface area contributed by atoms with Crippen molar-refractivity contribution >= 4 is 6.03 Å². The average molecular weight is 312 g/mol. The van der Waals surface area contributed by atoms with Gasteiger partial charge in [-0.25, -0.2) is 4.79 Å². The fraction of sp³-hybridized carbons (Fsp3) is 0.941. The van der Waals surface area contributed by atoms with Crippen molar-refractivity contribution in [2.24, 2.45) is 5.92 Å². The molecule has 0 aromatic carbocycles. The molecule has 0 saturated heterocycles. The number of carbonyl (C=O) groups excluding carboxylic acids is 1. The van der Waals surface area contributed by atoms with Crippen LogP contribution in [0.5, 0.6) is 0 Å². The topological polar surface area (TPSA) is 70.6 Å². The number of amides is 2. The first-order valence-electron chi connectivity index (χ1n) is 8.91. The van der Waals surface area contributed by atoms with Crippen molar-refractivity contribution in [2.45, 2.75) is 89.5 Å². The molecular formula is C17H32N2O3. The Labute approximate surface area is 134 Å². The van der Waals surface area contributed by atoms with E-state index in [9.17, 15) is 9.90 Å². The Kier molecular flexibility index (Phi) is 6.96. The Balaban J connectivity index is 1.69. The van der Waals surface area contributed by atoms with Crippen LogP contribution in [-0.4, -0.2) is 42.0 Å². The summed E-state index contributed by atoms with van der Waals surface area (Å²) in [6.45, 7) is 4.31. The molecule has 2 unspecified atom stereocenters. The van der Waals surface area contributed by atoms with Gasteiger partial charge in [0, 0.05) is 24.6 Å². The van der Waals surface area contributed by atoms with Gasteiger partial charge < -0.3 is 20.5 Å². The van der Waals surface area contributed by atoms with E-state index in [2.05, 4.69) is 24.5 Å². The van der Waals surface area contributed by atoms with Gasteiger partial charge in [0.1, 0.15) is 0 Å². The van der Waals surface area contributed by atoms with Crippen molar-refractivity contribution in [2.75, 3.05) is 6.61 Å². The van der Waals surface area contributed by atoms with Crippen LogP contribution in [0.4, 0.5) is 4.79 Å². The summed E-state index contributed by atoms with van der Waals surface area (Å²) in [5.74, 6) is 0.217. The van der Waals surface area contributed by atoms with Gasteiger partial charge in [0.15, 0.2) is 0 Å². The van der Waals surface area contributed by atoms with E-state index in [1.165, 1.54) is 0 Å². The fourth-order valence-corrected chi connectivity index (χ4v) is 3.74. The highest BCUT2D eigenvalue weighted by Gasteiger charge is 2.28. The summed E-state index contributed by atoms with van der Waals surface area (Å²) >= 11 is 0. The molecule has 2 atom stereocenters. The van der Waals surface area contributed by atoms with Gasteiger partial charge in [-0.05, 0) is 52.4 Å². The summed E-state index contributed by atoms with van der Waals surface area (Å²) in [5, 5.41) is 15.6. The van der Waals surface area contributed by atoms with E-state index in [-0.39, 0.29) is 36.7 Å². The van der Waals surface area contributed by atoms with Crippen LogP contribution in [0, 0.1) is 5.92 Å². The van der Waals surface area contributed by atoms with E-state index in [4.69, 9.17) is 4.74 Å². The fourth-order valence-electron chi connectivity index (χ4n) is 3.74. The molecule has 2 saturated carbocycles. The lowest BCUT2D eigenvalue weighted by atomic mass is 9.85. The second-order valence-electron chi connectivity index (χ2n) is 7.11. The SMILES string of the molecule is CC(C)OC1CCC(NC(=O)NC2CCCCC2CO)CC1. The molecule has 2 rings (SSSR count). The van der Waals surface area contributed by atoms with Gasteiger partial charge in [0.25, 0.3) is 0 Å². The predicted molar refractivity (Wildman–Crippen MR) is 86.8 cm³/mol. The summed E-state index contributed by atoms with van der Waals surface area (Å²) in [7, 11) is 0. The van der Waals surface area contributed by atoms with Gasteiger partial charge >= 0.3 is 6.03 Å². The zero-order valence-corrected chi connectivity index (χ0v) is 14.0. The highest BCUT2D eigenvalue weighted by atomic mass is 16.5. The molecule has 3 N–H and O–H groups in total. The molecule has 0 spiro atoms. The van der Waals surface area contributed by atoms with E-state index >= 15 is 0 Å². The smallest absolute Gasteiger partial charge is 0.315 e. The molecule has 2 amide bonds. The van der Waals surface area contributed by atoms with Crippen LogP contribution < -0.4 is 10.6 Å². The summed E-state index contributed by atoms with van der Waals surface area (Å²) < 4.78 is 5.84. The third-order valence-corrected chi connectivity index (χ3v) is 4.93. The molecule has 2 fully saturated rings. The Bertz CT molecular complexity index is 341. The maximum Gasteiger partial charge on any atom is 0.315 e. The lowest BCUT2D eigenvalue weighted by Gasteiger charge is -2.33. The zero-order chi connectivity index (χ0) is 15.9. The van der Waals surface area contributed by atoms with Crippen molar-refractivity contribution in [1.82, 2.24) is 10.6 Å². The number of hydrogen-bond donors (Lipinski definition) is 3. The Hall–Kier alpha value is -0.810. The second-order valence-corrected chi connectivity index (χ2v) is 7.11. The van der Waals surface area contributed by atoms with Crippen molar-refractivity contribution < 1.29 is 14.6 Å². The maximum atomic E-state index is 12.2. The number of nitrogens with one attached hydrogen (secondary N) is 2. The maximum absolute atomic E-state index is 12.2. The average Bonchev–Trinajstić information content (AvgIpc) is 2.49. The molecule has 0 aromatic rings. The third-order valence-electron chi connectivity index (χ3n) is 4.93. The van der Waals surface area contributed by atoms with Crippen molar-refractivity contribution in [3.05, 3.63) is 0 Å². The highest BCUT2D eigenvalue weighted by molar-refractivity contribution is 5.74. The van der Waals surface area contributed by atoms with Gasteiger partial charge in [0.05, 0.1) is 12.2 Å². The molecule has 0 aromatic heterocycles. The molecule has 22 heavy (non-hydrogen) atoms. The Morgan fingerprint density at radius 1 is 1.09 bits per heavy atom. The molecule has 0 radical (unpaired) electrons. The standard InChI is InChI=1S/C17H32N2O3/c1-12(2)22-15-9-7-14(8-10-15)18-17(21)19-16-6-4-3-5-13(16)11-20/h12-16,20H,3-11H2,1-2H3,(H2,18,19,21). The summed E-state index contributed by atoms with van der Waals surface area (Å²) in [4.78, 5) is 12.2. The van der Waals surface area contributed by atoms with Gasteiger partial charge in [-0.15, -0.1) is 0 Å². The van der Waals surface area contributed by atoms with Gasteiger partial charge in [-0.1, -0.05) is 12.8 Å². The Morgan fingerprint density at radius 2 is 1.77 bits per heavy atom. The number of rotatable bonds is 5. The summed E-state index contributed by atoms with van der Waals surface area (Å²) in [6, 6.07) is 0.307. The third kappa shape index (κ3) is 5.43. The van der Waals surface area contributed by atoms with Crippen LogP contribution in [0.2, 0.25) is 0 Å². The minimum Gasteiger partial charge on any atom is -0.396 e. The molecule has 5 nitrogen and oxygen atoms in total. The van der Waals surface area contributed by atoms with E-state index in [0.29, 0.717) is 6.10 Å². The van der Waals surface area contributed by atoms with Crippen LogP contribution in [0.15, 0.2) is 0 Å². The molecule has 0 heterocycles. The van der Waals surface area contributed by atoms with E-state index < -0.39 is 0 Å². The Morgan fingerprint density at radius 3 is 2.41 bits per heavy atom. The molecule has 2 aliphatic rings. The highest BCUT2D eigenvalue weighted by Crippen LogP contribution is 2.24. The van der Waals surface area contributed by atoms with Gasteiger partial charge in [-0.3, -0.25) is 0 Å². The number of carbonyl (C=O) groups is 1. The van der Waals surface area contributed by atoms with Crippen LogP contribution in [0.1, 0.15) is 65.2 Å². The first-order chi connectivity index (χ1) is 10.6. The van der Waals surface area contributed by atoms with Crippen molar-refractivity contribution in [3.8, 4) is 0 Å². The first kappa shape index (κ1) is 17.5. The quantitative estimate of drug-likeness (QED) is 0.731. The molecule has 128 valence electrons. The minimum atomic E-state index is -0.0708. The summed E-state index contributed by atoms with van der Waals surface area (Å²) in [6.07, 6.45) is 8.92. The number of ether oxygens (including phenoxy) is 1. The van der Waals surface area contributed by atoms with E-state index in [1.807, 2.05) is 0 Å². The number of hydrogen-bond acceptors (Lipinski definition) is 3. The van der Waals surface area contributed by atoms with Gasteiger partial charge in [-0.2, -0.15) is 0 Å². The van der Waals surface area contributed by atoms with Crippen molar-refractivity contribution in [1.29, 1.82) is 0 Å². The first-order valence-corrected chi connectivity index (χ1v) is 8.91. The molecule has 0 aliphatic heterocycles. The number of aliphatic hydroxyl groups excluding tert-OH is 1. The zero-order valence-electron chi connectivity index (χ0n) is 14.0. The number of aliphatic hydroxyl groups is 1. The van der Waals surface area contributed by atoms with Crippen LogP contribution >= 0.6 is 0 Å². The lowest BCUT2D eigenvalue weighted by molar-refractivity contribution is -0.0156.